The third-order valence-electron chi connectivity index (χ3n) is 8.23. The van der Waals surface area contributed by atoms with E-state index in [0.29, 0.717) is 23.8 Å². The van der Waals surface area contributed by atoms with Crippen LogP contribution in [0.25, 0.3) is 0 Å². The van der Waals surface area contributed by atoms with Gasteiger partial charge in [0.1, 0.15) is 17.8 Å². The zero-order valence-electron chi connectivity index (χ0n) is 20.9. The van der Waals surface area contributed by atoms with Gasteiger partial charge < -0.3 is 15.4 Å². The quantitative estimate of drug-likeness (QED) is 0.508. The number of amides is 4. The van der Waals surface area contributed by atoms with E-state index in [2.05, 4.69) is 59.2 Å². The van der Waals surface area contributed by atoms with Gasteiger partial charge in [-0.05, 0) is 59.2 Å². The molecule has 2 N–H and O–H groups in total. The topological polar surface area (TPSA) is 87.7 Å². The number of urea groups is 1. The molecule has 3 aromatic rings. The Bertz CT molecular complexity index is 1350. The number of hydrogen-bond donors (Lipinski definition) is 2. The Labute approximate surface area is 215 Å². The van der Waals surface area contributed by atoms with Crippen molar-refractivity contribution in [1.29, 1.82) is 0 Å². The van der Waals surface area contributed by atoms with Crippen LogP contribution in [0.4, 0.5) is 4.79 Å². The number of rotatable bonds is 6. The fraction of sp³-hybridized carbons (Fsp3) is 0.300. The highest BCUT2D eigenvalue weighted by Gasteiger charge is 2.49. The normalized spacial score (nSPS) is 25.4. The van der Waals surface area contributed by atoms with Crippen LogP contribution in [-0.4, -0.2) is 42.9 Å². The maximum Gasteiger partial charge on any atom is 0.325 e. The summed E-state index contributed by atoms with van der Waals surface area (Å²) in [5.41, 5.74) is 4.82. The number of methoxy groups -OCH3 is 1. The number of carbonyl (C=O) groups is 3. The molecule has 0 aromatic heterocycles. The minimum atomic E-state index is -1.24. The van der Waals surface area contributed by atoms with Crippen molar-refractivity contribution in [2.75, 3.05) is 20.2 Å². The molecule has 3 aromatic carbocycles. The minimum Gasteiger partial charge on any atom is -0.497 e. The molecule has 2 unspecified atom stereocenters. The van der Waals surface area contributed by atoms with Crippen LogP contribution in [0.3, 0.4) is 0 Å². The zero-order chi connectivity index (χ0) is 25.7. The Hall–Kier alpha value is -4.13. The van der Waals surface area contributed by atoms with Gasteiger partial charge in [0.15, 0.2) is 0 Å². The third kappa shape index (κ3) is 3.68. The number of fused-ring (bicyclic) bond motifs is 1. The first-order valence-corrected chi connectivity index (χ1v) is 12.6. The number of ether oxygens (including phenoxy) is 1. The molecule has 4 amide bonds. The first-order chi connectivity index (χ1) is 17.9. The Balaban J connectivity index is 1.15. The molecule has 1 saturated heterocycles. The van der Waals surface area contributed by atoms with Crippen molar-refractivity contribution in [2.45, 2.75) is 30.7 Å². The number of nitrogens with one attached hydrogen (secondary N) is 2. The molecule has 0 spiro atoms. The van der Waals surface area contributed by atoms with Crippen LogP contribution in [0.2, 0.25) is 0 Å². The van der Waals surface area contributed by atoms with Crippen molar-refractivity contribution in [2.24, 2.45) is 5.92 Å². The lowest BCUT2D eigenvalue weighted by Gasteiger charge is -2.45. The molecule has 7 heteroatoms. The largest absolute Gasteiger partial charge is 0.497 e. The van der Waals surface area contributed by atoms with Crippen molar-refractivity contribution in [3.05, 3.63) is 101 Å². The fourth-order valence-electron chi connectivity index (χ4n) is 6.36. The van der Waals surface area contributed by atoms with Gasteiger partial charge in [0.25, 0.3) is 5.91 Å². The van der Waals surface area contributed by atoms with Crippen molar-refractivity contribution in [1.82, 2.24) is 15.5 Å². The molecule has 0 saturated carbocycles. The number of benzene rings is 3. The Kier molecular flexibility index (Phi) is 5.51. The lowest BCUT2D eigenvalue weighted by molar-refractivity contribution is -0.134. The Morgan fingerprint density at radius 3 is 2.16 bits per heavy atom. The predicted octanol–water partition coefficient (Wildman–Crippen LogP) is 3.88. The molecular formula is C30H29N3O4. The van der Waals surface area contributed by atoms with Crippen molar-refractivity contribution < 1.29 is 19.1 Å². The average molecular weight is 496 g/mol. The molecule has 37 heavy (non-hydrogen) atoms. The second-order valence-electron chi connectivity index (χ2n) is 10.3. The van der Waals surface area contributed by atoms with Gasteiger partial charge in [-0.25, -0.2) is 4.79 Å². The SMILES string of the molecule is COc1ccc(C2(C)NC(=O)N(CC(=O)NCC3CC4c5ccccc5C3c3ccccc34)C2=O)cc1. The maximum atomic E-state index is 13.2. The number of carbonyl (C=O) groups excluding carboxylic acids is 3. The van der Waals surface area contributed by atoms with E-state index >= 15 is 0 Å². The van der Waals surface area contributed by atoms with Crippen molar-refractivity contribution >= 4 is 17.8 Å². The fourth-order valence-corrected chi connectivity index (χ4v) is 6.36. The molecule has 1 fully saturated rings. The number of hydrogen-bond acceptors (Lipinski definition) is 4. The summed E-state index contributed by atoms with van der Waals surface area (Å²) in [6.07, 6.45) is 0.956. The number of imide groups is 1. The Morgan fingerprint density at radius 2 is 1.57 bits per heavy atom. The maximum absolute atomic E-state index is 13.2. The second kappa shape index (κ2) is 8.76. The highest BCUT2D eigenvalue weighted by Crippen LogP contribution is 2.55. The summed E-state index contributed by atoms with van der Waals surface area (Å²) in [6, 6.07) is 23.6. The summed E-state index contributed by atoms with van der Waals surface area (Å²) in [5, 5.41) is 5.78. The first-order valence-electron chi connectivity index (χ1n) is 12.6. The predicted molar refractivity (Wildman–Crippen MR) is 138 cm³/mol. The van der Waals surface area contributed by atoms with Crippen LogP contribution in [0, 0.1) is 5.92 Å². The highest BCUT2D eigenvalue weighted by atomic mass is 16.5. The van der Waals surface area contributed by atoms with Gasteiger partial charge in [-0.2, -0.15) is 0 Å². The molecule has 2 atom stereocenters. The van der Waals surface area contributed by atoms with Gasteiger partial charge in [-0.1, -0.05) is 60.7 Å². The van der Waals surface area contributed by atoms with Gasteiger partial charge in [0.2, 0.25) is 5.91 Å². The lowest BCUT2D eigenvalue weighted by atomic mass is 9.59. The van der Waals surface area contributed by atoms with E-state index in [4.69, 9.17) is 4.74 Å². The molecule has 1 heterocycles. The summed E-state index contributed by atoms with van der Waals surface area (Å²) in [7, 11) is 1.57. The van der Waals surface area contributed by atoms with Crippen LogP contribution in [0.15, 0.2) is 72.8 Å². The average Bonchev–Trinajstić information content (AvgIpc) is 3.15. The van der Waals surface area contributed by atoms with E-state index in [1.165, 1.54) is 22.3 Å². The first kappa shape index (κ1) is 23.3. The van der Waals surface area contributed by atoms with E-state index in [0.717, 1.165) is 11.3 Å². The van der Waals surface area contributed by atoms with Crippen LogP contribution < -0.4 is 15.4 Å². The van der Waals surface area contributed by atoms with Crippen LogP contribution in [0.1, 0.15) is 53.0 Å². The van der Waals surface area contributed by atoms with Gasteiger partial charge in [0, 0.05) is 18.4 Å². The molecular weight excluding hydrogens is 466 g/mol. The summed E-state index contributed by atoms with van der Waals surface area (Å²) >= 11 is 0. The van der Waals surface area contributed by atoms with E-state index in [9.17, 15) is 14.4 Å². The molecule has 2 bridgehead atoms. The molecule has 4 aliphatic rings. The minimum absolute atomic E-state index is 0.216. The standard InChI is InChI=1S/C30H29N3O4/c1-30(19-11-13-20(37-2)14-12-19)28(35)33(29(36)32-30)17-26(34)31-16-18-15-25-21-7-3-5-9-23(21)27(18)24-10-6-4-8-22(24)25/h3-14,18,25,27H,15-17H2,1-2H3,(H,31,34)(H,32,36). The van der Waals surface area contributed by atoms with Crippen molar-refractivity contribution in [3.8, 4) is 5.75 Å². The lowest BCUT2D eigenvalue weighted by Crippen LogP contribution is -2.45. The van der Waals surface area contributed by atoms with Crippen molar-refractivity contribution in [3.63, 3.8) is 0 Å². The number of nitrogens with zero attached hydrogens (tertiary/aromatic N) is 1. The molecule has 3 aliphatic carbocycles. The summed E-state index contributed by atoms with van der Waals surface area (Å²) < 4.78 is 5.18. The molecule has 7 rings (SSSR count). The van der Waals surface area contributed by atoms with E-state index in [1.54, 1.807) is 38.3 Å². The van der Waals surface area contributed by atoms with Gasteiger partial charge in [0.05, 0.1) is 7.11 Å². The molecule has 188 valence electrons. The molecule has 1 aliphatic heterocycles. The Morgan fingerprint density at radius 1 is 0.973 bits per heavy atom. The second-order valence-corrected chi connectivity index (χ2v) is 10.3. The summed E-state index contributed by atoms with van der Waals surface area (Å²) in [5.74, 6) is 0.638. The van der Waals surface area contributed by atoms with Gasteiger partial charge in [-0.3, -0.25) is 14.5 Å². The van der Waals surface area contributed by atoms with E-state index in [1.807, 2.05) is 0 Å². The van der Waals surface area contributed by atoms with Crippen LogP contribution >= 0.6 is 0 Å². The zero-order valence-corrected chi connectivity index (χ0v) is 20.9. The van der Waals surface area contributed by atoms with Gasteiger partial charge >= 0.3 is 6.03 Å². The monoisotopic (exact) mass is 495 g/mol. The summed E-state index contributed by atoms with van der Waals surface area (Å²) in [6.45, 7) is 1.83. The molecule has 0 radical (unpaired) electrons. The van der Waals surface area contributed by atoms with Crippen LogP contribution in [0.5, 0.6) is 5.75 Å². The van der Waals surface area contributed by atoms with Crippen LogP contribution in [-0.2, 0) is 15.1 Å². The smallest absolute Gasteiger partial charge is 0.325 e. The highest BCUT2D eigenvalue weighted by molar-refractivity contribution is 6.09. The summed E-state index contributed by atoms with van der Waals surface area (Å²) in [4.78, 5) is 39.9. The van der Waals surface area contributed by atoms with Gasteiger partial charge in [-0.15, -0.1) is 0 Å². The third-order valence-corrected chi connectivity index (χ3v) is 8.23. The van der Waals surface area contributed by atoms with E-state index in [-0.39, 0.29) is 24.3 Å². The molecule has 7 nitrogen and oxygen atoms in total. The van der Waals surface area contributed by atoms with E-state index < -0.39 is 17.5 Å².